The molecular weight excluding hydrogens is 257 g/mol. The second-order valence-corrected chi connectivity index (χ2v) is 5.25. The first-order valence-corrected chi connectivity index (χ1v) is 6.08. The molecule has 0 unspecified atom stereocenters. The Balaban J connectivity index is 2.92. The zero-order valence-corrected chi connectivity index (χ0v) is 11.5. The Labute approximate surface area is 111 Å². The Morgan fingerprint density at radius 3 is 2.61 bits per heavy atom. The van der Waals surface area contributed by atoms with Crippen LogP contribution in [-0.2, 0) is 0 Å². The highest BCUT2D eigenvalue weighted by molar-refractivity contribution is 7.80. The monoisotopic (exact) mass is 273 g/mol. The number of hydrogen-bond donors (Lipinski definition) is 1. The lowest BCUT2D eigenvalue weighted by molar-refractivity contribution is -0.385. The first-order valence-electron chi connectivity index (χ1n) is 5.45. The zero-order chi connectivity index (χ0) is 13.9. The summed E-state index contributed by atoms with van der Waals surface area (Å²) in [7, 11) is 0. The van der Waals surface area contributed by atoms with Gasteiger partial charge in [-0.2, -0.15) is 12.6 Å². The number of nitro benzene ring substituents is 1. The van der Waals surface area contributed by atoms with Gasteiger partial charge in [-0.25, -0.2) is 4.39 Å². The molecule has 1 aromatic carbocycles. The van der Waals surface area contributed by atoms with E-state index in [0.29, 0.717) is 17.9 Å². The van der Waals surface area contributed by atoms with Crippen LogP contribution in [0.25, 0.3) is 0 Å². The lowest BCUT2D eigenvalue weighted by Crippen LogP contribution is -2.23. The predicted octanol–water partition coefficient (Wildman–Crippen LogP) is 3.38. The average molecular weight is 273 g/mol. The van der Waals surface area contributed by atoms with Crippen molar-refractivity contribution in [3.05, 3.63) is 33.6 Å². The van der Waals surface area contributed by atoms with Crippen molar-refractivity contribution in [3.63, 3.8) is 0 Å². The molecule has 6 heteroatoms. The van der Waals surface area contributed by atoms with Gasteiger partial charge in [0.2, 0.25) is 0 Å². The highest BCUT2D eigenvalue weighted by Crippen LogP contribution is 2.28. The third-order valence-corrected chi connectivity index (χ3v) is 3.35. The Morgan fingerprint density at radius 1 is 1.50 bits per heavy atom. The first kappa shape index (κ1) is 14.8. The summed E-state index contributed by atoms with van der Waals surface area (Å²) in [5.41, 5.74) is -0.0565. The van der Waals surface area contributed by atoms with Gasteiger partial charge in [0.05, 0.1) is 17.6 Å². The summed E-state index contributed by atoms with van der Waals surface area (Å²) < 4.78 is 19.0. The molecule has 0 aliphatic carbocycles. The van der Waals surface area contributed by atoms with Crippen molar-refractivity contribution in [1.82, 2.24) is 0 Å². The number of nitro groups is 1. The summed E-state index contributed by atoms with van der Waals surface area (Å²) in [6, 6.07) is 2.24. The van der Waals surface area contributed by atoms with Crippen molar-refractivity contribution in [3.8, 4) is 5.75 Å². The van der Waals surface area contributed by atoms with Crippen molar-refractivity contribution in [2.45, 2.75) is 20.8 Å². The number of rotatable bonds is 5. The van der Waals surface area contributed by atoms with Crippen LogP contribution in [0.2, 0.25) is 0 Å². The van der Waals surface area contributed by atoms with E-state index in [0.717, 1.165) is 6.07 Å². The van der Waals surface area contributed by atoms with E-state index in [1.54, 1.807) is 6.92 Å². The van der Waals surface area contributed by atoms with E-state index in [9.17, 15) is 14.5 Å². The molecule has 0 amide bonds. The molecule has 0 bridgehead atoms. The molecule has 0 spiro atoms. The number of aryl methyl sites for hydroxylation is 1. The van der Waals surface area contributed by atoms with E-state index in [4.69, 9.17) is 4.74 Å². The summed E-state index contributed by atoms with van der Waals surface area (Å²) in [5, 5.41) is 10.6. The van der Waals surface area contributed by atoms with E-state index in [2.05, 4.69) is 12.6 Å². The van der Waals surface area contributed by atoms with Crippen LogP contribution in [0.15, 0.2) is 12.1 Å². The summed E-state index contributed by atoms with van der Waals surface area (Å²) in [4.78, 5) is 10.0. The van der Waals surface area contributed by atoms with E-state index < -0.39 is 10.7 Å². The van der Waals surface area contributed by atoms with Gasteiger partial charge in [0.15, 0.2) is 11.6 Å². The highest BCUT2D eigenvalue weighted by Gasteiger charge is 2.20. The second kappa shape index (κ2) is 5.56. The number of halogens is 1. The summed E-state index contributed by atoms with van der Waals surface area (Å²) >= 11 is 4.17. The Kier molecular flexibility index (Phi) is 4.56. The van der Waals surface area contributed by atoms with Gasteiger partial charge in [0.1, 0.15) is 0 Å². The summed E-state index contributed by atoms with van der Waals surface area (Å²) in [6.07, 6.45) is 0. The van der Waals surface area contributed by atoms with Gasteiger partial charge in [0, 0.05) is 11.0 Å². The van der Waals surface area contributed by atoms with Gasteiger partial charge in [-0.3, -0.25) is 10.1 Å². The van der Waals surface area contributed by atoms with Gasteiger partial charge in [-0.05, 0) is 18.7 Å². The highest BCUT2D eigenvalue weighted by atomic mass is 32.1. The van der Waals surface area contributed by atoms with Crippen LogP contribution in [0.4, 0.5) is 10.1 Å². The van der Waals surface area contributed by atoms with E-state index in [-0.39, 0.29) is 16.9 Å². The Morgan fingerprint density at radius 2 is 2.11 bits per heavy atom. The number of ether oxygens (including phenoxy) is 1. The molecule has 0 heterocycles. The number of benzene rings is 1. The molecule has 0 N–H and O–H groups in total. The van der Waals surface area contributed by atoms with Crippen LogP contribution in [0.3, 0.4) is 0 Å². The van der Waals surface area contributed by atoms with Crippen molar-refractivity contribution in [2.24, 2.45) is 5.41 Å². The summed E-state index contributed by atoms with van der Waals surface area (Å²) in [5.74, 6) is -0.0872. The second-order valence-electron chi connectivity index (χ2n) is 4.94. The molecule has 0 aromatic heterocycles. The van der Waals surface area contributed by atoms with Crippen molar-refractivity contribution in [2.75, 3.05) is 12.4 Å². The van der Waals surface area contributed by atoms with Crippen LogP contribution >= 0.6 is 12.6 Å². The number of thiol groups is 1. The predicted molar refractivity (Wildman–Crippen MR) is 70.9 cm³/mol. The summed E-state index contributed by atoms with van der Waals surface area (Å²) in [6.45, 7) is 5.73. The lowest BCUT2D eigenvalue weighted by atomic mass is 9.98. The van der Waals surface area contributed by atoms with Crippen LogP contribution in [0, 0.1) is 28.3 Å². The topological polar surface area (TPSA) is 52.4 Å². The fourth-order valence-electron chi connectivity index (χ4n) is 1.27. The zero-order valence-electron chi connectivity index (χ0n) is 10.6. The smallest absolute Gasteiger partial charge is 0.275 e. The lowest BCUT2D eigenvalue weighted by Gasteiger charge is -2.22. The molecule has 1 aromatic rings. The molecule has 4 nitrogen and oxygen atoms in total. The van der Waals surface area contributed by atoms with Crippen LogP contribution < -0.4 is 4.74 Å². The van der Waals surface area contributed by atoms with Gasteiger partial charge in [-0.15, -0.1) is 0 Å². The molecule has 0 saturated heterocycles. The molecular formula is C12H16FNO3S. The molecule has 0 fully saturated rings. The van der Waals surface area contributed by atoms with Crippen molar-refractivity contribution < 1.29 is 14.1 Å². The van der Waals surface area contributed by atoms with Gasteiger partial charge >= 0.3 is 0 Å². The van der Waals surface area contributed by atoms with Gasteiger partial charge in [0.25, 0.3) is 5.69 Å². The molecule has 0 radical (unpaired) electrons. The largest absolute Gasteiger partial charge is 0.490 e. The maximum absolute atomic E-state index is 13.6. The van der Waals surface area contributed by atoms with Crippen LogP contribution in [-0.4, -0.2) is 17.3 Å². The maximum Gasteiger partial charge on any atom is 0.275 e. The normalized spacial score (nSPS) is 11.4. The standard InChI is InChI=1S/C12H16FNO3S/c1-8-4-11(17-6-12(2,3)7-18)9(13)5-10(8)14(15)16/h4-5,18H,6-7H2,1-3H3. The third-order valence-electron chi connectivity index (χ3n) is 2.49. The van der Waals surface area contributed by atoms with E-state index >= 15 is 0 Å². The molecule has 1 rings (SSSR count). The quantitative estimate of drug-likeness (QED) is 0.508. The average Bonchev–Trinajstić information content (AvgIpc) is 2.29. The minimum absolute atomic E-state index is 0.0351. The van der Waals surface area contributed by atoms with Crippen LogP contribution in [0.5, 0.6) is 5.75 Å². The molecule has 0 aliphatic heterocycles. The minimum Gasteiger partial charge on any atom is -0.490 e. The van der Waals surface area contributed by atoms with Gasteiger partial charge in [-0.1, -0.05) is 13.8 Å². The van der Waals surface area contributed by atoms with Crippen LogP contribution in [0.1, 0.15) is 19.4 Å². The first-order chi connectivity index (χ1) is 8.26. The molecule has 0 atom stereocenters. The fourth-order valence-corrected chi connectivity index (χ4v) is 1.36. The molecule has 100 valence electrons. The Hall–Kier alpha value is -1.30. The van der Waals surface area contributed by atoms with Gasteiger partial charge < -0.3 is 4.74 Å². The molecule has 0 saturated carbocycles. The maximum atomic E-state index is 13.6. The van der Waals surface area contributed by atoms with E-state index in [1.807, 2.05) is 13.8 Å². The Bertz CT molecular complexity index is 463. The number of nitrogens with zero attached hydrogens (tertiary/aromatic N) is 1. The SMILES string of the molecule is Cc1cc(OCC(C)(C)CS)c(F)cc1[N+](=O)[O-]. The third kappa shape index (κ3) is 3.60. The molecule has 0 aliphatic rings. The molecule has 18 heavy (non-hydrogen) atoms. The van der Waals surface area contributed by atoms with Crippen molar-refractivity contribution in [1.29, 1.82) is 0 Å². The number of hydrogen-bond acceptors (Lipinski definition) is 4. The fraction of sp³-hybridized carbons (Fsp3) is 0.500. The minimum atomic E-state index is -0.720. The van der Waals surface area contributed by atoms with E-state index in [1.165, 1.54) is 6.07 Å². The van der Waals surface area contributed by atoms with Crippen molar-refractivity contribution >= 4 is 18.3 Å².